The number of allylic oxidation sites excluding steroid dienone is 1. The molecule has 0 aromatic rings. The van der Waals surface area contributed by atoms with Crippen LogP contribution in [0, 0.1) is 0 Å². The molecule has 0 spiro atoms. The molecular formula is C8H15Na. The molecule has 0 rings (SSSR count). The molecule has 0 fully saturated rings. The summed E-state index contributed by atoms with van der Waals surface area (Å²) < 4.78 is 0.988. The van der Waals surface area contributed by atoms with Crippen LogP contribution in [0.2, 0.25) is 3.17 Å². The summed E-state index contributed by atoms with van der Waals surface area (Å²) >= 11 is 1.34. The van der Waals surface area contributed by atoms with Crippen molar-refractivity contribution in [3.05, 3.63) is 12.7 Å². The van der Waals surface area contributed by atoms with E-state index in [-0.39, 0.29) is 0 Å². The van der Waals surface area contributed by atoms with Crippen LogP contribution in [-0.2, 0) is 0 Å². The van der Waals surface area contributed by atoms with Crippen LogP contribution in [0.3, 0.4) is 0 Å². The maximum absolute atomic E-state index is 3.73. The summed E-state index contributed by atoms with van der Waals surface area (Å²) in [5.74, 6) is 0. The maximum atomic E-state index is 3.73. The summed E-state index contributed by atoms with van der Waals surface area (Å²) in [6, 6.07) is 0. The van der Waals surface area contributed by atoms with Gasteiger partial charge in [0.1, 0.15) is 0 Å². The van der Waals surface area contributed by atoms with Gasteiger partial charge in [-0.15, -0.1) is 0 Å². The third-order valence-electron chi connectivity index (χ3n) is 1.62. The first-order valence-electron chi connectivity index (χ1n) is 3.92. The number of hydrogen-bond donors (Lipinski definition) is 0. The molecule has 0 nitrogen and oxygen atoms in total. The van der Waals surface area contributed by atoms with Gasteiger partial charge < -0.3 is 0 Å². The Morgan fingerprint density at radius 1 is 1.67 bits per heavy atom. The molecule has 0 aromatic heterocycles. The van der Waals surface area contributed by atoms with Crippen LogP contribution in [0.1, 0.15) is 32.6 Å². The second-order valence-electron chi connectivity index (χ2n) is 2.77. The molecule has 9 heavy (non-hydrogen) atoms. The molecule has 0 amide bonds. The Bertz CT molecular complexity index is 69.0. The third kappa shape index (κ3) is 6.63. The standard InChI is InChI=1S/C8H15.Na/c1-3-5-7-8-6-4-2;/h3,7H,1,4-6,8H2,2H3;. The molecule has 1 atom stereocenters. The average molecular weight is 134 g/mol. The predicted octanol–water partition coefficient (Wildman–Crippen LogP) is 2.71. The molecule has 0 bridgehead atoms. The van der Waals surface area contributed by atoms with E-state index < -0.39 is 0 Å². The van der Waals surface area contributed by atoms with Gasteiger partial charge in [-0.3, -0.25) is 0 Å². The summed E-state index contributed by atoms with van der Waals surface area (Å²) in [5, 5.41) is 0. The molecule has 1 heteroatoms. The van der Waals surface area contributed by atoms with Crippen molar-refractivity contribution in [3.63, 3.8) is 0 Å². The summed E-state index contributed by atoms with van der Waals surface area (Å²) in [7, 11) is 0. The predicted molar refractivity (Wildman–Crippen MR) is 43.8 cm³/mol. The van der Waals surface area contributed by atoms with Gasteiger partial charge in [0.15, 0.2) is 0 Å². The van der Waals surface area contributed by atoms with E-state index in [4.69, 9.17) is 0 Å². The van der Waals surface area contributed by atoms with Crippen molar-refractivity contribution in [3.8, 4) is 0 Å². The van der Waals surface area contributed by atoms with E-state index in [0.717, 1.165) is 3.17 Å². The van der Waals surface area contributed by atoms with Crippen LogP contribution in [0.5, 0.6) is 0 Å². The van der Waals surface area contributed by atoms with Crippen LogP contribution in [0.4, 0.5) is 0 Å². The van der Waals surface area contributed by atoms with Crippen molar-refractivity contribution in [2.45, 2.75) is 35.8 Å². The van der Waals surface area contributed by atoms with Gasteiger partial charge in [0.2, 0.25) is 0 Å². The second-order valence-corrected chi connectivity index (χ2v) is 4.40. The van der Waals surface area contributed by atoms with Crippen molar-refractivity contribution < 1.29 is 0 Å². The zero-order valence-corrected chi connectivity index (χ0v) is 8.69. The quantitative estimate of drug-likeness (QED) is 0.400. The molecule has 48 valence electrons. The fourth-order valence-electron chi connectivity index (χ4n) is 0.955. The van der Waals surface area contributed by atoms with E-state index >= 15 is 0 Å². The van der Waals surface area contributed by atoms with Gasteiger partial charge >= 0.3 is 76.4 Å². The molecule has 0 aromatic carbocycles. The number of hydrogen-bond acceptors (Lipinski definition) is 0. The minimum atomic E-state index is 0.988. The van der Waals surface area contributed by atoms with Crippen molar-refractivity contribution >= 4 is 27.9 Å². The SMILES string of the molecule is C=CC[CH]([Na])CCCC. The molecule has 1 unspecified atom stereocenters. The number of unbranched alkanes of at least 4 members (excludes halogenated alkanes) is 1. The molecule has 0 aliphatic carbocycles. The Balaban J connectivity index is 3.04. The second kappa shape index (κ2) is 6.85. The fraction of sp³-hybridized carbons (Fsp3) is 0.750. The van der Waals surface area contributed by atoms with Crippen molar-refractivity contribution in [1.82, 2.24) is 0 Å². The van der Waals surface area contributed by atoms with Crippen molar-refractivity contribution in [1.29, 1.82) is 0 Å². The Hall–Kier alpha value is 0.740. The Morgan fingerprint density at radius 3 is 2.78 bits per heavy atom. The first kappa shape index (κ1) is 9.74. The molecular weight excluding hydrogens is 119 g/mol. The van der Waals surface area contributed by atoms with Gasteiger partial charge in [0, 0.05) is 0 Å². The zero-order valence-electron chi connectivity index (χ0n) is 6.69. The van der Waals surface area contributed by atoms with Gasteiger partial charge in [-0.25, -0.2) is 0 Å². The number of rotatable bonds is 5. The molecule has 0 radical (unpaired) electrons. The molecule has 0 saturated heterocycles. The van der Waals surface area contributed by atoms with Crippen molar-refractivity contribution in [2.75, 3.05) is 0 Å². The van der Waals surface area contributed by atoms with Crippen LogP contribution < -0.4 is 0 Å². The van der Waals surface area contributed by atoms with Crippen LogP contribution in [-0.4, -0.2) is 27.9 Å². The first-order valence-corrected chi connectivity index (χ1v) is 5.07. The molecule has 0 saturated carbocycles. The molecule has 0 aliphatic heterocycles. The topological polar surface area (TPSA) is 0 Å². The minimum absolute atomic E-state index is 0.988. The van der Waals surface area contributed by atoms with E-state index in [2.05, 4.69) is 13.5 Å². The van der Waals surface area contributed by atoms with Crippen LogP contribution in [0.25, 0.3) is 0 Å². The summed E-state index contributed by atoms with van der Waals surface area (Å²) in [6.45, 7) is 5.98. The summed E-state index contributed by atoms with van der Waals surface area (Å²) in [5.41, 5.74) is 0. The van der Waals surface area contributed by atoms with E-state index in [1.54, 1.807) is 0 Å². The third-order valence-corrected chi connectivity index (χ3v) is 2.67. The fourth-order valence-corrected chi connectivity index (χ4v) is 1.70. The van der Waals surface area contributed by atoms with Crippen LogP contribution >= 0.6 is 0 Å². The Labute approximate surface area is 76.1 Å². The monoisotopic (exact) mass is 134 g/mol. The molecule has 0 N–H and O–H groups in total. The molecule has 0 heterocycles. The van der Waals surface area contributed by atoms with E-state index in [0.29, 0.717) is 0 Å². The summed E-state index contributed by atoms with van der Waals surface area (Å²) in [6.07, 6.45) is 7.46. The zero-order chi connectivity index (χ0) is 7.11. The van der Waals surface area contributed by atoms with Gasteiger partial charge in [-0.05, 0) is 0 Å². The van der Waals surface area contributed by atoms with Crippen molar-refractivity contribution in [2.24, 2.45) is 0 Å². The Kier molecular flexibility index (Phi) is 7.42. The van der Waals surface area contributed by atoms with Gasteiger partial charge in [0.05, 0.1) is 0 Å². The van der Waals surface area contributed by atoms with Crippen LogP contribution in [0.15, 0.2) is 12.7 Å². The average Bonchev–Trinajstić information content (AvgIpc) is 1.85. The first-order chi connectivity index (χ1) is 4.31. The van der Waals surface area contributed by atoms with Gasteiger partial charge in [0.25, 0.3) is 0 Å². The van der Waals surface area contributed by atoms with E-state index in [1.165, 1.54) is 53.6 Å². The normalized spacial score (nSPS) is 13.2. The van der Waals surface area contributed by atoms with E-state index in [9.17, 15) is 0 Å². The molecule has 0 aliphatic rings. The van der Waals surface area contributed by atoms with E-state index in [1.807, 2.05) is 6.08 Å². The van der Waals surface area contributed by atoms with Gasteiger partial charge in [-0.2, -0.15) is 0 Å². The van der Waals surface area contributed by atoms with Gasteiger partial charge in [-0.1, -0.05) is 0 Å². The Morgan fingerprint density at radius 2 is 2.33 bits per heavy atom. The summed E-state index contributed by atoms with van der Waals surface area (Å²) in [4.78, 5) is 0.